The molecule has 1 fully saturated rings. The van der Waals surface area contributed by atoms with E-state index in [9.17, 15) is 9.59 Å². The molecule has 0 radical (unpaired) electrons. The fraction of sp³-hybridized carbons (Fsp3) is 0.500. The number of rotatable bonds is 5. The quantitative estimate of drug-likeness (QED) is 0.879. The molecular weight excluding hydrogens is 346 g/mol. The first-order chi connectivity index (χ1) is 12.5. The summed E-state index contributed by atoms with van der Waals surface area (Å²) in [5, 5.41) is 5.12. The standard InChI is InChI=1S/C20H25N3O2S/c1-13-9-18(24)17(12-23(13)16-3-4-16)20(25)21-10-14(2)22-7-5-19-15(11-22)6-8-26-19/h6,8-9,12,14,16H,3-5,7,10-11H2,1-2H3,(H,21,25). The van der Waals surface area contributed by atoms with Crippen LogP contribution in [0.15, 0.2) is 28.5 Å². The zero-order valence-corrected chi connectivity index (χ0v) is 16.1. The van der Waals surface area contributed by atoms with Gasteiger partial charge in [0.05, 0.1) is 0 Å². The number of nitrogens with one attached hydrogen (secondary N) is 1. The number of carbonyl (C=O) groups is 1. The van der Waals surface area contributed by atoms with Gasteiger partial charge in [-0.15, -0.1) is 11.3 Å². The van der Waals surface area contributed by atoms with E-state index in [1.165, 1.54) is 10.4 Å². The van der Waals surface area contributed by atoms with Gasteiger partial charge in [-0.25, -0.2) is 0 Å². The van der Waals surface area contributed by atoms with Crippen molar-refractivity contribution in [2.45, 2.75) is 51.7 Å². The average molecular weight is 372 g/mol. The molecule has 1 N–H and O–H groups in total. The lowest BCUT2D eigenvalue weighted by Gasteiger charge is -2.32. The Bertz CT molecular complexity index is 881. The molecule has 138 valence electrons. The van der Waals surface area contributed by atoms with Crippen LogP contribution in [0.25, 0.3) is 0 Å². The Morgan fingerprint density at radius 1 is 1.42 bits per heavy atom. The molecule has 1 unspecified atom stereocenters. The van der Waals surface area contributed by atoms with Crippen molar-refractivity contribution in [3.63, 3.8) is 0 Å². The Hall–Kier alpha value is -1.92. The van der Waals surface area contributed by atoms with Gasteiger partial charge >= 0.3 is 0 Å². The number of hydrogen-bond donors (Lipinski definition) is 1. The molecule has 0 bridgehead atoms. The first-order valence-electron chi connectivity index (χ1n) is 9.33. The number of carbonyl (C=O) groups excluding carboxylic acids is 1. The van der Waals surface area contributed by atoms with Gasteiger partial charge in [0.15, 0.2) is 5.43 Å². The molecule has 0 saturated heterocycles. The second-order valence-electron chi connectivity index (χ2n) is 7.48. The number of pyridine rings is 1. The molecule has 6 heteroatoms. The average Bonchev–Trinajstić information content (AvgIpc) is 3.35. The van der Waals surface area contributed by atoms with Gasteiger partial charge in [0.1, 0.15) is 5.56 Å². The Labute approximate surface area is 157 Å². The van der Waals surface area contributed by atoms with Crippen LogP contribution in [0.3, 0.4) is 0 Å². The maximum absolute atomic E-state index is 12.6. The summed E-state index contributed by atoms with van der Waals surface area (Å²) in [6, 6.07) is 4.47. The maximum atomic E-state index is 12.6. The van der Waals surface area contributed by atoms with Crippen molar-refractivity contribution < 1.29 is 4.79 Å². The lowest BCUT2D eigenvalue weighted by Crippen LogP contribution is -2.44. The number of fused-ring (bicyclic) bond motifs is 1. The highest BCUT2D eigenvalue weighted by atomic mass is 32.1. The topological polar surface area (TPSA) is 54.3 Å². The number of aryl methyl sites for hydroxylation is 1. The van der Waals surface area contributed by atoms with E-state index in [-0.39, 0.29) is 22.9 Å². The van der Waals surface area contributed by atoms with Crippen molar-refractivity contribution in [1.29, 1.82) is 0 Å². The van der Waals surface area contributed by atoms with E-state index >= 15 is 0 Å². The molecule has 26 heavy (non-hydrogen) atoms. The maximum Gasteiger partial charge on any atom is 0.256 e. The number of hydrogen-bond acceptors (Lipinski definition) is 4. The van der Waals surface area contributed by atoms with Gasteiger partial charge < -0.3 is 9.88 Å². The summed E-state index contributed by atoms with van der Waals surface area (Å²) in [7, 11) is 0. The third kappa shape index (κ3) is 3.48. The van der Waals surface area contributed by atoms with E-state index in [0.29, 0.717) is 12.6 Å². The number of aromatic nitrogens is 1. The van der Waals surface area contributed by atoms with E-state index in [0.717, 1.165) is 38.0 Å². The van der Waals surface area contributed by atoms with Crippen LogP contribution < -0.4 is 10.7 Å². The van der Waals surface area contributed by atoms with Crippen molar-refractivity contribution in [1.82, 2.24) is 14.8 Å². The lowest BCUT2D eigenvalue weighted by molar-refractivity contribution is 0.0931. The molecule has 2 aromatic rings. The second kappa shape index (κ2) is 7.00. The van der Waals surface area contributed by atoms with Crippen LogP contribution in [0.1, 0.15) is 52.3 Å². The molecule has 4 rings (SSSR count). The first kappa shape index (κ1) is 17.5. The molecule has 2 aromatic heterocycles. The van der Waals surface area contributed by atoms with E-state index in [1.54, 1.807) is 12.3 Å². The van der Waals surface area contributed by atoms with Crippen LogP contribution in [0, 0.1) is 6.92 Å². The van der Waals surface area contributed by atoms with Gasteiger partial charge in [-0.05, 0) is 50.1 Å². The summed E-state index contributed by atoms with van der Waals surface area (Å²) < 4.78 is 2.07. The summed E-state index contributed by atoms with van der Waals surface area (Å²) >= 11 is 1.83. The molecule has 3 heterocycles. The van der Waals surface area contributed by atoms with Crippen LogP contribution >= 0.6 is 11.3 Å². The van der Waals surface area contributed by atoms with Crippen LogP contribution in [-0.4, -0.2) is 34.5 Å². The van der Waals surface area contributed by atoms with Crippen LogP contribution in [0.5, 0.6) is 0 Å². The molecular formula is C20H25N3O2S. The van der Waals surface area contributed by atoms with Crippen LogP contribution in [0.4, 0.5) is 0 Å². The number of thiophene rings is 1. The molecule has 1 aliphatic carbocycles. The highest BCUT2D eigenvalue weighted by Gasteiger charge is 2.26. The largest absolute Gasteiger partial charge is 0.350 e. The van der Waals surface area contributed by atoms with E-state index < -0.39 is 0 Å². The summed E-state index contributed by atoms with van der Waals surface area (Å²) in [5.74, 6) is -0.260. The smallest absolute Gasteiger partial charge is 0.256 e. The third-order valence-electron chi connectivity index (χ3n) is 5.48. The van der Waals surface area contributed by atoms with Gasteiger partial charge in [0.25, 0.3) is 5.91 Å². The minimum atomic E-state index is -0.260. The van der Waals surface area contributed by atoms with Gasteiger partial charge in [-0.1, -0.05) is 0 Å². The Morgan fingerprint density at radius 3 is 3.00 bits per heavy atom. The molecule has 1 aliphatic heterocycles. The van der Waals surface area contributed by atoms with Crippen LogP contribution in [-0.2, 0) is 13.0 Å². The zero-order chi connectivity index (χ0) is 18.3. The van der Waals surface area contributed by atoms with Crippen LogP contribution in [0.2, 0.25) is 0 Å². The van der Waals surface area contributed by atoms with E-state index in [4.69, 9.17) is 0 Å². The number of amides is 1. The SMILES string of the molecule is Cc1cc(=O)c(C(=O)NCC(C)N2CCc3sccc3C2)cn1C1CC1. The lowest BCUT2D eigenvalue weighted by atomic mass is 10.1. The summed E-state index contributed by atoms with van der Waals surface area (Å²) in [5.41, 5.74) is 2.41. The fourth-order valence-electron chi connectivity index (χ4n) is 3.67. The minimum absolute atomic E-state index is 0.189. The molecule has 1 saturated carbocycles. The highest BCUT2D eigenvalue weighted by molar-refractivity contribution is 7.10. The van der Waals surface area contributed by atoms with Gasteiger partial charge in [-0.3, -0.25) is 14.5 Å². The second-order valence-corrected chi connectivity index (χ2v) is 8.48. The summed E-state index contributed by atoms with van der Waals surface area (Å²) in [6.45, 7) is 6.57. The van der Waals surface area contributed by atoms with Gasteiger partial charge in [-0.2, -0.15) is 0 Å². The summed E-state index contributed by atoms with van der Waals surface area (Å²) in [6.07, 6.45) is 5.08. The Balaban J connectivity index is 1.40. The summed E-state index contributed by atoms with van der Waals surface area (Å²) in [4.78, 5) is 28.7. The van der Waals surface area contributed by atoms with Gasteiger partial charge in [0, 0.05) is 54.6 Å². The Kier molecular flexibility index (Phi) is 4.71. The van der Waals surface area contributed by atoms with E-state index in [2.05, 4.69) is 33.2 Å². The predicted molar refractivity (Wildman–Crippen MR) is 104 cm³/mol. The van der Waals surface area contributed by atoms with Crippen molar-refractivity contribution in [3.05, 3.63) is 55.6 Å². The molecule has 1 amide bonds. The highest BCUT2D eigenvalue weighted by Crippen LogP contribution is 2.35. The van der Waals surface area contributed by atoms with Crippen molar-refractivity contribution in [2.75, 3.05) is 13.1 Å². The van der Waals surface area contributed by atoms with Gasteiger partial charge in [0.2, 0.25) is 0 Å². The van der Waals surface area contributed by atoms with Crippen molar-refractivity contribution in [2.24, 2.45) is 0 Å². The molecule has 2 aliphatic rings. The Morgan fingerprint density at radius 2 is 2.23 bits per heavy atom. The predicted octanol–water partition coefficient (Wildman–Crippen LogP) is 2.73. The molecule has 1 atom stereocenters. The molecule has 0 spiro atoms. The monoisotopic (exact) mass is 371 g/mol. The van der Waals surface area contributed by atoms with E-state index in [1.807, 2.05) is 18.3 Å². The minimum Gasteiger partial charge on any atom is -0.350 e. The number of nitrogens with zero attached hydrogens (tertiary/aromatic N) is 2. The fourth-order valence-corrected chi connectivity index (χ4v) is 4.56. The molecule has 0 aromatic carbocycles. The first-order valence-corrected chi connectivity index (χ1v) is 10.2. The van der Waals surface area contributed by atoms with Crippen molar-refractivity contribution in [3.8, 4) is 0 Å². The molecule has 5 nitrogen and oxygen atoms in total. The van der Waals surface area contributed by atoms with Crippen molar-refractivity contribution >= 4 is 17.2 Å². The normalized spacial score (nSPS) is 18.4. The zero-order valence-electron chi connectivity index (χ0n) is 15.3. The third-order valence-corrected chi connectivity index (χ3v) is 6.51.